The van der Waals surface area contributed by atoms with Crippen molar-refractivity contribution >= 4 is 11.9 Å². The Labute approximate surface area is 178 Å². The molecule has 4 nitrogen and oxygen atoms in total. The molecule has 2 N–H and O–H groups in total. The highest BCUT2D eigenvalue weighted by Gasteiger charge is 2.18. The van der Waals surface area contributed by atoms with Crippen LogP contribution in [0.25, 0.3) is 6.08 Å². The number of hydrogen-bond donors (Lipinski definition) is 2. The molecule has 0 fully saturated rings. The highest BCUT2D eigenvalue weighted by molar-refractivity contribution is 6.07. The van der Waals surface area contributed by atoms with Crippen molar-refractivity contribution in [3.63, 3.8) is 0 Å². The van der Waals surface area contributed by atoms with Crippen molar-refractivity contribution < 1.29 is 19.7 Å². The number of phenols is 2. The lowest BCUT2D eigenvalue weighted by molar-refractivity contribution is 0.104. The molecule has 0 heterocycles. The van der Waals surface area contributed by atoms with Crippen LogP contribution in [0.4, 0.5) is 0 Å². The van der Waals surface area contributed by atoms with Gasteiger partial charge < -0.3 is 14.9 Å². The first-order valence-electron chi connectivity index (χ1n) is 10.2. The first-order chi connectivity index (χ1) is 14.4. The summed E-state index contributed by atoms with van der Waals surface area (Å²) in [6.45, 7) is 7.73. The van der Waals surface area contributed by atoms with Gasteiger partial charge in [0, 0.05) is 16.7 Å². The Morgan fingerprint density at radius 3 is 2.27 bits per heavy atom. The molecule has 0 saturated carbocycles. The quantitative estimate of drug-likeness (QED) is 0.304. The van der Waals surface area contributed by atoms with Gasteiger partial charge in [0.15, 0.2) is 5.78 Å². The van der Waals surface area contributed by atoms with E-state index in [-0.39, 0.29) is 23.4 Å². The first kappa shape index (κ1) is 23.0. The predicted molar refractivity (Wildman–Crippen MR) is 122 cm³/mol. The van der Waals surface area contributed by atoms with Gasteiger partial charge in [-0.05, 0) is 88.6 Å². The highest BCUT2D eigenvalue weighted by atomic mass is 16.5. The fourth-order valence-electron chi connectivity index (χ4n) is 3.01. The minimum atomic E-state index is -0.177. The van der Waals surface area contributed by atoms with Gasteiger partial charge in [0.1, 0.15) is 17.2 Å². The Bertz CT molecular complexity index is 948. The van der Waals surface area contributed by atoms with E-state index in [1.807, 2.05) is 58.1 Å². The lowest BCUT2D eigenvalue weighted by Crippen LogP contribution is -2.10. The van der Waals surface area contributed by atoms with Crippen molar-refractivity contribution in [2.75, 3.05) is 0 Å². The van der Waals surface area contributed by atoms with Crippen LogP contribution in [-0.4, -0.2) is 22.1 Å². The highest BCUT2D eigenvalue weighted by Crippen LogP contribution is 2.38. The molecular weight excluding hydrogens is 376 g/mol. The van der Waals surface area contributed by atoms with Crippen LogP contribution in [0.5, 0.6) is 17.2 Å². The third-order valence-corrected chi connectivity index (χ3v) is 4.51. The predicted octanol–water partition coefficient (Wildman–Crippen LogP) is 6.02. The summed E-state index contributed by atoms with van der Waals surface area (Å²) in [6, 6.07) is 8.00. The summed E-state index contributed by atoms with van der Waals surface area (Å²) in [5, 5.41) is 20.3. The van der Waals surface area contributed by atoms with Crippen molar-refractivity contribution in [1.82, 2.24) is 0 Å². The second-order valence-electron chi connectivity index (χ2n) is 7.24. The van der Waals surface area contributed by atoms with E-state index in [4.69, 9.17) is 4.74 Å². The van der Waals surface area contributed by atoms with Crippen LogP contribution in [0.2, 0.25) is 0 Å². The van der Waals surface area contributed by atoms with Crippen LogP contribution in [0, 0.1) is 0 Å². The van der Waals surface area contributed by atoms with Gasteiger partial charge in [0.25, 0.3) is 0 Å². The molecule has 0 saturated heterocycles. The second kappa shape index (κ2) is 11.1. The van der Waals surface area contributed by atoms with E-state index in [0.29, 0.717) is 29.7 Å². The Morgan fingerprint density at radius 2 is 1.67 bits per heavy atom. The van der Waals surface area contributed by atoms with E-state index in [0.717, 1.165) is 11.1 Å². The zero-order valence-corrected chi connectivity index (χ0v) is 18.1. The summed E-state index contributed by atoms with van der Waals surface area (Å²) < 4.78 is 6.06. The monoisotopic (exact) mass is 406 g/mol. The molecule has 0 aliphatic carbocycles. The normalized spacial score (nSPS) is 11.9. The molecule has 4 heteroatoms. The summed E-state index contributed by atoms with van der Waals surface area (Å²) in [4.78, 5) is 12.6. The van der Waals surface area contributed by atoms with Crippen LogP contribution in [0.15, 0.2) is 60.7 Å². The molecule has 0 aliphatic heterocycles. The van der Waals surface area contributed by atoms with Gasteiger partial charge in [-0.15, -0.1) is 0 Å². The summed E-state index contributed by atoms with van der Waals surface area (Å²) in [7, 11) is 0. The number of benzene rings is 2. The maximum absolute atomic E-state index is 12.6. The van der Waals surface area contributed by atoms with Gasteiger partial charge in [0.05, 0.1) is 6.10 Å². The molecule has 2 aromatic carbocycles. The zero-order chi connectivity index (χ0) is 22.1. The number of hydrogen-bond acceptors (Lipinski definition) is 4. The summed E-state index contributed by atoms with van der Waals surface area (Å²) in [5.74, 6) is 0.746. The fourth-order valence-corrected chi connectivity index (χ4v) is 3.01. The Balaban J connectivity index is 2.55. The molecule has 0 aliphatic rings. The molecule has 0 unspecified atom stereocenters. The van der Waals surface area contributed by atoms with Gasteiger partial charge in [-0.25, -0.2) is 0 Å². The molecule has 0 radical (unpaired) electrons. The third kappa shape index (κ3) is 6.11. The Kier molecular flexibility index (Phi) is 8.48. The van der Waals surface area contributed by atoms with Crippen molar-refractivity contribution in [3.8, 4) is 17.2 Å². The van der Waals surface area contributed by atoms with Crippen molar-refractivity contribution in [3.05, 3.63) is 83.0 Å². The molecule has 2 rings (SSSR count). The molecule has 30 heavy (non-hydrogen) atoms. The molecule has 0 amide bonds. The molecule has 0 atom stereocenters. The number of carbonyl (C=O) groups is 1. The second-order valence-corrected chi connectivity index (χ2v) is 7.24. The van der Waals surface area contributed by atoms with E-state index in [1.165, 1.54) is 18.2 Å². The number of aromatic hydroxyl groups is 2. The number of ether oxygens (including phenoxy) is 1. The van der Waals surface area contributed by atoms with Gasteiger partial charge in [-0.1, -0.05) is 24.3 Å². The number of carbonyl (C=O) groups excluding carboxylic acids is 1. The van der Waals surface area contributed by atoms with Crippen LogP contribution >= 0.6 is 0 Å². The molecule has 0 bridgehead atoms. The lowest BCUT2D eigenvalue weighted by Gasteiger charge is -2.20. The van der Waals surface area contributed by atoms with Crippen LogP contribution in [-0.2, 0) is 12.8 Å². The van der Waals surface area contributed by atoms with E-state index in [1.54, 1.807) is 18.2 Å². The number of phenolic OH excluding ortho intramolecular Hbond substituents is 2. The Morgan fingerprint density at radius 1 is 1.03 bits per heavy atom. The fraction of sp³-hybridized carbons (Fsp3) is 0.269. The van der Waals surface area contributed by atoms with Gasteiger partial charge >= 0.3 is 0 Å². The minimum Gasteiger partial charge on any atom is -0.508 e. The van der Waals surface area contributed by atoms with Gasteiger partial charge in [0.2, 0.25) is 0 Å². The van der Waals surface area contributed by atoms with E-state index in [9.17, 15) is 15.0 Å². The average Bonchev–Trinajstić information content (AvgIpc) is 2.72. The number of allylic oxidation sites excluding steroid dienone is 5. The molecule has 0 spiro atoms. The molecule has 2 aromatic rings. The van der Waals surface area contributed by atoms with Gasteiger partial charge in [-0.2, -0.15) is 0 Å². The van der Waals surface area contributed by atoms with Crippen molar-refractivity contribution in [1.29, 1.82) is 0 Å². The van der Waals surface area contributed by atoms with E-state index < -0.39 is 0 Å². The standard InChI is InChI=1S/C26H30O4/c1-5-7-9-20-17-21(13-16-24(28)19-11-14-22(27)15-12-19)26(30-18(3)4)23(25(20)29)10-8-6-2/h5-8,11-18,27,29H,9-10H2,1-4H3. The zero-order valence-electron chi connectivity index (χ0n) is 18.1. The molecule has 158 valence electrons. The maximum Gasteiger partial charge on any atom is 0.185 e. The van der Waals surface area contributed by atoms with Gasteiger partial charge in [-0.3, -0.25) is 4.79 Å². The third-order valence-electron chi connectivity index (χ3n) is 4.51. The first-order valence-corrected chi connectivity index (χ1v) is 10.2. The van der Waals surface area contributed by atoms with E-state index >= 15 is 0 Å². The van der Waals surface area contributed by atoms with Crippen LogP contribution in [0.1, 0.15) is 54.7 Å². The SMILES string of the molecule is CC=CCc1cc(C=CC(=O)c2ccc(O)cc2)c(OC(C)C)c(CC=CC)c1O. The van der Waals surface area contributed by atoms with E-state index in [2.05, 4.69) is 0 Å². The number of ketones is 1. The average molecular weight is 407 g/mol. The number of rotatable bonds is 9. The smallest absolute Gasteiger partial charge is 0.185 e. The molecular formula is C26H30O4. The summed E-state index contributed by atoms with van der Waals surface area (Å²) in [5.41, 5.74) is 2.71. The molecule has 0 aromatic heterocycles. The maximum atomic E-state index is 12.6. The van der Waals surface area contributed by atoms with Crippen molar-refractivity contribution in [2.24, 2.45) is 0 Å². The Hall–Kier alpha value is -3.27. The summed E-state index contributed by atoms with van der Waals surface area (Å²) in [6.07, 6.45) is 12.1. The summed E-state index contributed by atoms with van der Waals surface area (Å²) >= 11 is 0. The van der Waals surface area contributed by atoms with Crippen molar-refractivity contribution in [2.45, 2.75) is 46.6 Å². The lowest BCUT2D eigenvalue weighted by atomic mass is 9.96. The van der Waals surface area contributed by atoms with Crippen LogP contribution in [0.3, 0.4) is 0 Å². The van der Waals surface area contributed by atoms with Crippen LogP contribution < -0.4 is 4.74 Å². The largest absolute Gasteiger partial charge is 0.508 e. The topological polar surface area (TPSA) is 66.8 Å². The minimum absolute atomic E-state index is 0.0879.